The fraction of sp³-hybridized carbons (Fsp3) is 0.200. The second kappa shape index (κ2) is 7.63. The Morgan fingerprint density at radius 3 is 2.91 bits per heavy atom. The third kappa shape index (κ3) is 4.01. The van der Waals surface area contributed by atoms with E-state index in [0.717, 1.165) is 4.88 Å². The molecule has 0 atom stereocenters. The Hall–Kier alpha value is -1.55. The average Bonchev–Trinajstić information content (AvgIpc) is 2.86. The van der Waals surface area contributed by atoms with Crippen molar-refractivity contribution in [1.82, 2.24) is 9.27 Å². The number of thioether (sulfide) groups is 1. The van der Waals surface area contributed by atoms with Gasteiger partial charge >= 0.3 is 0 Å². The maximum absolute atomic E-state index is 13.8. The molecule has 0 saturated heterocycles. The van der Waals surface area contributed by atoms with Crippen molar-refractivity contribution >= 4 is 41.0 Å². The first-order chi connectivity index (χ1) is 10.5. The van der Waals surface area contributed by atoms with Crippen LogP contribution < -0.4 is 0 Å². The molecular formula is C15H13ClFN3S2. The molecule has 0 fully saturated rings. The first-order valence-electron chi connectivity index (χ1n) is 6.33. The molecule has 0 unspecified atom stereocenters. The summed E-state index contributed by atoms with van der Waals surface area (Å²) in [5.74, 6) is -0.0118. The van der Waals surface area contributed by atoms with Crippen LogP contribution in [0.25, 0.3) is 6.08 Å². The average molecular weight is 354 g/mol. The van der Waals surface area contributed by atoms with Gasteiger partial charge in [-0.05, 0) is 29.7 Å². The van der Waals surface area contributed by atoms with Gasteiger partial charge in [-0.3, -0.25) is 0 Å². The first-order valence-corrected chi connectivity index (χ1v) is 8.46. The minimum absolute atomic E-state index is 0.334. The van der Waals surface area contributed by atoms with Crippen LogP contribution in [0, 0.1) is 17.1 Å². The van der Waals surface area contributed by atoms with Crippen LogP contribution in [0.3, 0.4) is 0 Å². The molecule has 1 aromatic carbocycles. The van der Waals surface area contributed by atoms with Gasteiger partial charge in [0.2, 0.25) is 0 Å². The number of benzene rings is 1. The Morgan fingerprint density at radius 1 is 1.50 bits per heavy atom. The van der Waals surface area contributed by atoms with Crippen LogP contribution in [-0.2, 0) is 5.75 Å². The topological polar surface area (TPSA) is 39.9 Å². The van der Waals surface area contributed by atoms with E-state index in [2.05, 4.69) is 10.4 Å². The molecule has 1 heterocycles. The van der Waals surface area contributed by atoms with Gasteiger partial charge in [0.05, 0.1) is 4.88 Å². The maximum Gasteiger partial charge on any atom is 0.129 e. The van der Waals surface area contributed by atoms with Crippen LogP contribution in [-0.4, -0.2) is 23.4 Å². The van der Waals surface area contributed by atoms with Crippen molar-refractivity contribution in [3.05, 3.63) is 51.2 Å². The number of hydrogen-bond acceptors (Lipinski definition) is 5. The summed E-state index contributed by atoms with van der Waals surface area (Å²) in [4.78, 5) is 2.67. The summed E-state index contributed by atoms with van der Waals surface area (Å²) >= 11 is 8.57. The zero-order chi connectivity index (χ0) is 16.1. The summed E-state index contributed by atoms with van der Waals surface area (Å²) in [5.41, 5.74) is 0.942. The van der Waals surface area contributed by atoms with Gasteiger partial charge in [-0.25, -0.2) is 4.39 Å². The highest BCUT2D eigenvalue weighted by Gasteiger charge is 2.14. The molecule has 3 nitrogen and oxygen atoms in total. The van der Waals surface area contributed by atoms with Crippen LogP contribution >= 0.6 is 34.9 Å². The summed E-state index contributed by atoms with van der Waals surface area (Å²) in [7, 11) is 3.80. The predicted molar refractivity (Wildman–Crippen MR) is 90.5 cm³/mol. The standard InChI is InChI=1S/C15H13ClFN3S2/c1-20(2)7-6-14-10(8-18)15(19-22-14)21-9-11-12(16)4-3-5-13(11)17/h3-7H,9H2,1-2H3/b7-6+. The second-order valence-corrected chi connectivity index (χ2v) is 6.78. The predicted octanol–water partition coefficient (Wildman–Crippen LogP) is 4.63. The number of halogens is 2. The summed E-state index contributed by atoms with van der Waals surface area (Å²) in [6.45, 7) is 0. The van der Waals surface area contributed by atoms with Crippen molar-refractivity contribution < 1.29 is 4.39 Å². The molecule has 2 aromatic rings. The number of nitriles is 1. The molecule has 0 saturated carbocycles. The fourth-order valence-corrected chi connectivity index (χ4v) is 3.83. The molecule has 0 aliphatic heterocycles. The van der Waals surface area contributed by atoms with E-state index in [1.54, 1.807) is 12.1 Å². The zero-order valence-electron chi connectivity index (χ0n) is 12.0. The van der Waals surface area contributed by atoms with Crippen molar-refractivity contribution in [2.45, 2.75) is 10.8 Å². The Labute approximate surface area is 142 Å². The van der Waals surface area contributed by atoms with Gasteiger partial charge in [-0.1, -0.05) is 29.4 Å². The van der Waals surface area contributed by atoms with Crippen LogP contribution in [0.4, 0.5) is 4.39 Å². The smallest absolute Gasteiger partial charge is 0.129 e. The van der Waals surface area contributed by atoms with E-state index < -0.39 is 0 Å². The monoisotopic (exact) mass is 353 g/mol. The third-order valence-electron chi connectivity index (χ3n) is 2.74. The molecule has 22 heavy (non-hydrogen) atoms. The van der Waals surface area contributed by atoms with Crippen molar-refractivity contribution in [3.63, 3.8) is 0 Å². The molecule has 1 aromatic heterocycles. The summed E-state index contributed by atoms with van der Waals surface area (Å²) in [6, 6.07) is 6.76. The molecule has 0 spiro atoms. The molecule has 0 aliphatic rings. The highest BCUT2D eigenvalue weighted by molar-refractivity contribution is 7.98. The highest BCUT2D eigenvalue weighted by atomic mass is 35.5. The van der Waals surface area contributed by atoms with Crippen molar-refractivity contribution in [2.75, 3.05) is 14.1 Å². The Balaban J connectivity index is 2.19. The van der Waals surface area contributed by atoms with E-state index in [4.69, 9.17) is 11.6 Å². The minimum Gasteiger partial charge on any atom is -0.383 e. The third-order valence-corrected chi connectivity index (χ3v) is 5.02. The van der Waals surface area contributed by atoms with Crippen LogP contribution in [0.15, 0.2) is 29.4 Å². The van der Waals surface area contributed by atoms with Crippen LogP contribution in [0.2, 0.25) is 5.02 Å². The lowest BCUT2D eigenvalue weighted by atomic mass is 10.2. The molecule has 114 valence electrons. The van der Waals surface area contributed by atoms with Gasteiger partial charge in [0.1, 0.15) is 22.5 Å². The Morgan fingerprint density at radius 2 is 2.27 bits per heavy atom. The number of aromatic nitrogens is 1. The van der Waals surface area contributed by atoms with E-state index in [9.17, 15) is 9.65 Å². The van der Waals surface area contributed by atoms with Gasteiger partial charge in [0, 0.05) is 36.6 Å². The number of rotatable bonds is 5. The Kier molecular flexibility index (Phi) is 5.83. The lowest BCUT2D eigenvalue weighted by Gasteiger charge is -2.04. The van der Waals surface area contributed by atoms with E-state index in [1.165, 1.54) is 29.4 Å². The first kappa shape index (κ1) is 16.8. The quantitative estimate of drug-likeness (QED) is 0.734. The van der Waals surface area contributed by atoms with E-state index >= 15 is 0 Å². The lowest BCUT2D eigenvalue weighted by Crippen LogP contribution is -1.99. The molecule has 0 radical (unpaired) electrons. The molecular weight excluding hydrogens is 341 g/mol. The molecule has 0 bridgehead atoms. The van der Waals surface area contributed by atoms with E-state index in [1.807, 2.05) is 31.3 Å². The highest BCUT2D eigenvalue weighted by Crippen LogP contribution is 2.32. The lowest BCUT2D eigenvalue weighted by molar-refractivity contribution is 0.567. The number of nitrogens with zero attached hydrogens (tertiary/aromatic N) is 3. The number of hydrogen-bond donors (Lipinski definition) is 0. The van der Waals surface area contributed by atoms with Crippen molar-refractivity contribution in [3.8, 4) is 6.07 Å². The SMILES string of the molecule is CN(C)/C=C/c1snc(SCc2c(F)cccc2Cl)c1C#N. The van der Waals surface area contributed by atoms with Crippen molar-refractivity contribution in [2.24, 2.45) is 0 Å². The molecule has 7 heteroatoms. The van der Waals surface area contributed by atoms with E-state index in [0.29, 0.717) is 26.9 Å². The van der Waals surface area contributed by atoms with Gasteiger partial charge in [0.25, 0.3) is 0 Å². The van der Waals surface area contributed by atoms with Crippen molar-refractivity contribution in [1.29, 1.82) is 5.26 Å². The molecule has 0 N–H and O–H groups in total. The van der Waals surface area contributed by atoms with Crippen LogP contribution in [0.1, 0.15) is 16.0 Å². The Bertz CT molecular complexity index is 715. The van der Waals surface area contributed by atoms with Gasteiger partial charge in [-0.15, -0.1) is 0 Å². The van der Waals surface area contributed by atoms with Gasteiger partial charge < -0.3 is 4.90 Å². The summed E-state index contributed by atoms with van der Waals surface area (Å²) < 4.78 is 18.0. The second-order valence-electron chi connectivity index (χ2n) is 4.61. The molecule has 0 aliphatic carbocycles. The normalized spacial score (nSPS) is 10.9. The van der Waals surface area contributed by atoms with Gasteiger partial charge in [-0.2, -0.15) is 9.64 Å². The largest absolute Gasteiger partial charge is 0.383 e. The summed E-state index contributed by atoms with van der Waals surface area (Å²) in [6.07, 6.45) is 3.70. The maximum atomic E-state index is 13.8. The van der Waals surface area contributed by atoms with Crippen LogP contribution in [0.5, 0.6) is 0 Å². The molecule has 2 rings (SSSR count). The van der Waals surface area contributed by atoms with E-state index in [-0.39, 0.29) is 5.82 Å². The zero-order valence-corrected chi connectivity index (χ0v) is 14.4. The summed E-state index contributed by atoms with van der Waals surface area (Å²) in [5, 5.41) is 10.3. The minimum atomic E-state index is -0.346. The fourth-order valence-electron chi connectivity index (χ4n) is 1.63. The van der Waals surface area contributed by atoms with Gasteiger partial charge in [0.15, 0.2) is 0 Å². The molecule has 0 amide bonds.